The Bertz CT molecular complexity index is 636. The molecule has 1 aromatic heterocycles. The van der Waals surface area contributed by atoms with Crippen molar-refractivity contribution in [1.29, 1.82) is 0 Å². The molecule has 0 fully saturated rings. The van der Waals surface area contributed by atoms with Crippen LogP contribution in [0.2, 0.25) is 0 Å². The number of nitrogens with one attached hydrogen (secondary N) is 2. The van der Waals surface area contributed by atoms with Gasteiger partial charge in [0.2, 0.25) is 5.91 Å². The number of amides is 1. The Hall–Kier alpha value is -2.37. The third kappa shape index (κ3) is 4.07. The monoisotopic (exact) mass is 302 g/mol. The summed E-state index contributed by atoms with van der Waals surface area (Å²) >= 11 is 0. The number of benzene rings is 1. The molecule has 0 unspecified atom stereocenters. The first kappa shape index (κ1) is 16.0. The number of aryl methyl sites for hydroxylation is 2. The number of hydrogen-bond donors (Lipinski definition) is 2. The molecular formula is C16H22N4O2. The summed E-state index contributed by atoms with van der Waals surface area (Å²) in [6.07, 6.45) is 1.70. The van der Waals surface area contributed by atoms with E-state index < -0.39 is 5.54 Å². The van der Waals surface area contributed by atoms with Gasteiger partial charge in [-0.2, -0.15) is 5.10 Å². The second kappa shape index (κ2) is 6.60. The lowest BCUT2D eigenvalue weighted by molar-refractivity contribution is -0.123. The lowest BCUT2D eigenvalue weighted by Gasteiger charge is -2.23. The Morgan fingerprint density at radius 3 is 2.73 bits per heavy atom. The van der Waals surface area contributed by atoms with Crippen LogP contribution in [0.5, 0.6) is 5.75 Å². The van der Waals surface area contributed by atoms with Crippen molar-refractivity contribution in [1.82, 2.24) is 20.5 Å². The normalized spacial score (nSPS) is 11.3. The van der Waals surface area contributed by atoms with Gasteiger partial charge < -0.3 is 10.1 Å². The molecule has 6 nitrogen and oxygen atoms in total. The topological polar surface area (TPSA) is 79.9 Å². The van der Waals surface area contributed by atoms with E-state index in [4.69, 9.17) is 4.74 Å². The van der Waals surface area contributed by atoms with Gasteiger partial charge in [-0.05, 0) is 51.0 Å². The molecule has 22 heavy (non-hydrogen) atoms. The average molecular weight is 302 g/mol. The van der Waals surface area contributed by atoms with Crippen molar-refractivity contribution < 1.29 is 9.53 Å². The zero-order valence-electron chi connectivity index (χ0n) is 13.4. The van der Waals surface area contributed by atoms with Crippen LogP contribution in [0.15, 0.2) is 24.5 Å². The summed E-state index contributed by atoms with van der Waals surface area (Å²) in [4.78, 5) is 16.1. The second-order valence-electron chi connectivity index (χ2n) is 5.85. The molecule has 0 spiro atoms. The van der Waals surface area contributed by atoms with E-state index in [-0.39, 0.29) is 12.3 Å². The Labute approximate surface area is 130 Å². The summed E-state index contributed by atoms with van der Waals surface area (Å²) < 4.78 is 5.62. The highest BCUT2D eigenvalue weighted by atomic mass is 16.5. The van der Waals surface area contributed by atoms with Gasteiger partial charge in [0.1, 0.15) is 17.9 Å². The van der Waals surface area contributed by atoms with Crippen molar-refractivity contribution in [2.24, 2.45) is 0 Å². The van der Waals surface area contributed by atoms with Crippen LogP contribution in [0, 0.1) is 13.8 Å². The smallest absolute Gasteiger partial charge is 0.224 e. The number of nitrogens with zero attached hydrogens (tertiary/aromatic N) is 2. The minimum atomic E-state index is -0.589. The highest BCUT2D eigenvalue weighted by Crippen LogP contribution is 2.17. The van der Waals surface area contributed by atoms with Crippen LogP contribution in [-0.2, 0) is 10.3 Å². The summed E-state index contributed by atoms with van der Waals surface area (Å²) in [6, 6.07) is 5.90. The van der Waals surface area contributed by atoms with Crippen LogP contribution >= 0.6 is 0 Å². The molecule has 0 bridgehead atoms. The summed E-state index contributed by atoms with van der Waals surface area (Å²) in [6.45, 7) is 8.17. The fourth-order valence-electron chi connectivity index (χ4n) is 2.04. The molecule has 2 rings (SSSR count). The molecule has 2 N–H and O–H groups in total. The van der Waals surface area contributed by atoms with Crippen LogP contribution < -0.4 is 10.1 Å². The van der Waals surface area contributed by atoms with Crippen LogP contribution in [-0.4, -0.2) is 27.7 Å². The van der Waals surface area contributed by atoms with Crippen molar-refractivity contribution in [2.45, 2.75) is 39.7 Å². The van der Waals surface area contributed by atoms with E-state index in [2.05, 4.69) is 27.4 Å². The molecule has 118 valence electrons. The fraction of sp³-hybridized carbons (Fsp3) is 0.438. The maximum absolute atomic E-state index is 12.0. The molecule has 1 heterocycles. The number of carbonyl (C=O) groups is 1. The van der Waals surface area contributed by atoms with Gasteiger partial charge in [0.05, 0.1) is 18.6 Å². The van der Waals surface area contributed by atoms with Crippen LogP contribution in [0.1, 0.15) is 37.2 Å². The van der Waals surface area contributed by atoms with Crippen molar-refractivity contribution in [3.05, 3.63) is 41.5 Å². The number of aromatic nitrogens is 3. The van der Waals surface area contributed by atoms with Gasteiger partial charge in [-0.3, -0.25) is 9.89 Å². The van der Waals surface area contributed by atoms with Gasteiger partial charge in [0.25, 0.3) is 0 Å². The third-order valence-electron chi connectivity index (χ3n) is 3.54. The fourth-order valence-corrected chi connectivity index (χ4v) is 2.04. The molecule has 6 heteroatoms. The van der Waals surface area contributed by atoms with E-state index in [1.807, 2.05) is 39.0 Å². The molecule has 1 amide bonds. The van der Waals surface area contributed by atoms with Crippen molar-refractivity contribution in [3.8, 4) is 5.75 Å². The molecule has 0 atom stereocenters. The molecule has 1 aromatic carbocycles. The van der Waals surface area contributed by atoms with Gasteiger partial charge in [-0.15, -0.1) is 0 Å². The highest BCUT2D eigenvalue weighted by molar-refractivity contribution is 5.76. The lowest BCUT2D eigenvalue weighted by atomic mass is 10.0. The van der Waals surface area contributed by atoms with Gasteiger partial charge in [-0.1, -0.05) is 6.07 Å². The largest absolute Gasteiger partial charge is 0.493 e. The Morgan fingerprint density at radius 1 is 1.32 bits per heavy atom. The lowest BCUT2D eigenvalue weighted by Crippen LogP contribution is -2.42. The van der Waals surface area contributed by atoms with Gasteiger partial charge >= 0.3 is 0 Å². The van der Waals surface area contributed by atoms with Crippen LogP contribution in [0.25, 0.3) is 0 Å². The van der Waals surface area contributed by atoms with E-state index in [0.29, 0.717) is 12.4 Å². The third-order valence-corrected chi connectivity index (χ3v) is 3.54. The van der Waals surface area contributed by atoms with Crippen molar-refractivity contribution in [2.75, 3.05) is 6.61 Å². The van der Waals surface area contributed by atoms with Gasteiger partial charge in [0.15, 0.2) is 0 Å². The number of aromatic amines is 1. The predicted molar refractivity (Wildman–Crippen MR) is 83.6 cm³/mol. The Morgan fingerprint density at radius 2 is 2.09 bits per heavy atom. The molecule has 0 aliphatic heterocycles. The number of H-pyrrole nitrogens is 1. The van der Waals surface area contributed by atoms with E-state index >= 15 is 0 Å². The number of rotatable bonds is 6. The number of ether oxygens (including phenoxy) is 1. The van der Waals surface area contributed by atoms with E-state index in [1.54, 1.807) is 0 Å². The van der Waals surface area contributed by atoms with Crippen LogP contribution in [0.3, 0.4) is 0 Å². The predicted octanol–water partition coefficient (Wildman–Crippen LogP) is 2.24. The zero-order chi connectivity index (χ0) is 16.2. The van der Waals surface area contributed by atoms with Crippen molar-refractivity contribution >= 4 is 5.91 Å². The molecule has 0 aliphatic carbocycles. The summed E-state index contributed by atoms with van der Waals surface area (Å²) in [5.74, 6) is 1.31. The van der Waals surface area contributed by atoms with Crippen LogP contribution in [0.4, 0.5) is 0 Å². The molecule has 0 saturated carbocycles. The first-order valence-corrected chi connectivity index (χ1v) is 7.25. The maximum Gasteiger partial charge on any atom is 0.224 e. The van der Waals surface area contributed by atoms with E-state index in [9.17, 15) is 4.79 Å². The molecule has 0 aliphatic rings. The Balaban J connectivity index is 1.82. The number of hydrogen-bond acceptors (Lipinski definition) is 4. The van der Waals surface area contributed by atoms with Gasteiger partial charge in [-0.25, -0.2) is 4.98 Å². The van der Waals surface area contributed by atoms with E-state index in [1.165, 1.54) is 17.5 Å². The maximum atomic E-state index is 12.0. The average Bonchev–Trinajstić information content (AvgIpc) is 2.97. The minimum absolute atomic E-state index is 0.0924. The second-order valence-corrected chi connectivity index (χ2v) is 5.85. The SMILES string of the molecule is Cc1ccc(OCCC(=O)NC(C)(C)c2ncn[nH]2)cc1C. The minimum Gasteiger partial charge on any atom is -0.493 e. The standard InChI is InChI=1S/C16H22N4O2/c1-11-5-6-13(9-12(11)2)22-8-7-14(21)19-16(3,4)15-17-10-18-20-15/h5-6,9-10H,7-8H2,1-4H3,(H,19,21)(H,17,18,20). The van der Waals surface area contributed by atoms with Gasteiger partial charge in [0, 0.05) is 0 Å². The first-order chi connectivity index (χ1) is 10.4. The summed E-state index contributed by atoms with van der Waals surface area (Å²) in [5.41, 5.74) is 1.81. The molecule has 0 saturated heterocycles. The summed E-state index contributed by atoms with van der Waals surface area (Å²) in [7, 11) is 0. The Kier molecular flexibility index (Phi) is 4.80. The van der Waals surface area contributed by atoms with E-state index in [0.717, 1.165) is 5.75 Å². The highest BCUT2D eigenvalue weighted by Gasteiger charge is 2.25. The van der Waals surface area contributed by atoms with Crippen molar-refractivity contribution in [3.63, 3.8) is 0 Å². The first-order valence-electron chi connectivity index (χ1n) is 7.25. The number of carbonyl (C=O) groups excluding carboxylic acids is 1. The molecule has 0 radical (unpaired) electrons. The quantitative estimate of drug-likeness (QED) is 0.857. The molecular weight excluding hydrogens is 280 g/mol. The molecule has 2 aromatic rings. The summed E-state index contributed by atoms with van der Waals surface area (Å²) in [5, 5.41) is 9.48. The zero-order valence-corrected chi connectivity index (χ0v) is 13.4.